The Morgan fingerprint density at radius 1 is 1.24 bits per heavy atom. The van der Waals surface area contributed by atoms with E-state index in [-0.39, 0.29) is 12.3 Å². The molecule has 0 unspecified atom stereocenters. The number of hydrogen-bond acceptors (Lipinski definition) is 7. The molecule has 202 valence electrons. The second-order valence-corrected chi connectivity index (χ2v) is 10.6. The maximum atomic E-state index is 14.7. The van der Waals surface area contributed by atoms with E-state index in [0.717, 1.165) is 16.9 Å². The van der Waals surface area contributed by atoms with Crippen LogP contribution in [0.2, 0.25) is 0 Å². The summed E-state index contributed by atoms with van der Waals surface area (Å²) in [6.45, 7) is 8.75. The molecule has 1 fully saturated rings. The van der Waals surface area contributed by atoms with E-state index in [2.05, 4.69) is 20.2 Å². The van der Waals surface area contributed by atoms with Gasteiger partial charge in [-0.1, -0.05) is 0 Å². The number of anilines is 3. The van der Waals surface area contributed by atoms with Gasteiger partial charge in [0.2, 0.25) is 0 Å². The molecule has 12 heteroatoms. The zero-order valence-corrected chi connectivity index (χ0v) is 21.9. The van der Waals surface area contributed by atoms with Gasteiger partial charge in [-0.3, -0.25) is 9.80 Å². The molecule has 3 aromatic heterocycles. The number of ether oxygens (including phenoxy) is 1. The summed E-state index contributed by atoms with van der Waals surface area (Å²) < 4.78 is 21.8. The van der Waals surface area contributed by atoms with Crippen LogP contribution in [-0.4, -0.2) is 80.9 Å². The Balaban J connectivity index is 1.33. The fraction of sp³-hybridized carbons (Fsp3) is 0.462. The summed E-state index contributed by atoms with van der Waals surface area (Å²) in [6.07, 6.45) is 5.02. The fourth-order valence-electron chi connectivity index (χ4n) is 4.97. The summed E-state index contributed by atoms with van der Waals surface area (Å²) in [5.41, 5.74) is 2.42. The number of halogens is 1. The summed E-state index contributed by atoms with van der Waals surface area (Å²) in [5.74, 6) is -0.0643. The van der Waals surface area contributed by atoms with Gasteiger partial charge in [0, 0.05) is 62.1 Å². The van der Waals surface area contributed by atoms with Crippen LogP contribution in [0.1, 0.15) is 32.0 Å². The largest absolute Gasteiger partial charge is 0.444 e. The van der Waals surface area contributed by atoms with Crippen molar-refractivity contribution >= 4 is 35.0 Å². The fourth-order valence-corrected chi connectivity index (χ4v) is 4.97. The molecule has 2 N–H and O–H groups in total. The van der Waals surface area contributed by atoms with Gasteiger partial charge in [0.25, 0.3) is 0 Å². The quantitative estimate of drug-likeness (QED) is 0.540. The van der Waals surface area contributed by atoms with Gasteiger partial charge in [-0.15, -0.1) is 0 Å². The van der Waals surface area contributed by atoms with Crippen molar-refractivity contribution in [1.82, 2.24) is 19.3 Å². The van der Waals surface area contributed by atoms with Crippen molar-refractivity contribution in [1.29, 1.82) is 0 Å². The average molecular weight is 526 g/mol. The van der Waals surface area contributed by atoms with Gasteiger partial charge >= 0.3 is 12.1 Å². The Morgan fingerprint density at radius 3 is 2.76 bits per heavy atom. The number of rotatable bonds is 3. The van der Waals surface area contributed by atoms with Gasteiger partial charge in [-0.25, -0.2) is 23.9 Å². The number of aromatic nitrogens is 3. The van der Waals surface area contributed by atoms with Crippen molar-refractivity contribution in [2.24, 2.45) is 0 Å². The standard InChI is InChI=1S/C26H32FN7O4/c1-16-12-32-14-20(19(27)11-22(32)29-16)30-24(36)34-8-6-18-21(5-7-28-23(18)34)31-9-10-33(17(13-31)15-35)25(37)38-26(2,3)4/h5,7,11-12,14,17,35H,6,8-10,13,15H2,1-4H3,(H,30,36)/t17-/m1/s1. The summed E-state index contributed by atoms with van der Waals surface area (Å²) >= 11 is 0. The van der Waals surface area contributed by atoms with Crippen LogP contribution in [0.5, 0.6) is 0 Å². The number of aliphatic hydroxyl groups is 1. The first-order valence-electron chi connectivity index (χ1n) is 12.6. The van der Waals surface area contributed by atoms with Gasteiger partial charge < -0.3 is 24.5 Å². The highest BCUT2D eigenvalue weighted by molar-refractivity contribution is 6.03. The highest BCUT2D eigenvalue weighted by Crippen LogP contribution is 2.35. The van der Waals surface area contributed by atoms with Gasteiger partial charge in [0.05, 0.1) is 24.0 Å². The van der Waals surface area contributed by atoms with Crippen molar-refractivity contribution in [3.63, 3.8) is 0 Å². The summed E-state index contributed by atoms with van der Waals surface area (Å²) in [7, 11) is 0. The van der Waals surface area contributed by atoms with Crippen LogP contribution >= 0.6 is 0 Å². The molecule has 0 saturated carbocycles. The molecule has 2 aliphatic rings. The molecule has 0 bridgehead atoms. The van der Waals surface area contributed by atoms with E-state index in [1.54, 1.807) is 21.7 Å². The lowest BCUT2D eigenvalue weighted by atomic mass is 10.1. The van der Waals surface area contributed by atoms with E-state index < -0.39 is 29.6 Å². The van der Waals surface area contributed by atoms with E-state index in [1.165, 1.54) is 17.2 Å². The lowest BCUT2D eigenvalue weighted by Gasteiger charge is -2.42. The number of aliphatic hydroxyl groups excluding tert-OH is 1. The number of nitrogens with one attached hydrogen (secondary N) is 1. The third kappa shape index (κ3) is 4.95. The molecule has 3 aromatic rings. The van der Waals surface area contributed by atoms with Crippen LogP contribution < -0.4 is 15.1 Å². The number of amides is 3. The van der Waals surface area contributed by atoms with Crippen molar-refractivity contribution in [3.8, 4) is 0 Å². The Labute approximate surface area is 219 Å². The molecular formula is C26H32FN7O4. The number of aryl methyl sites for hydroxylation is 1. The lowest BCUT2D eigenvalue weighted by molar-refractivity contribution is 0.00703. The van der Waals surface area contributed by atoms with Gasteiger partial charge in [0.1, 0.15) is 17.1 Å². The molecule has 0 spiro atoms. The molecule has 0 aliphatic carbocycles. The third-order valence-corrected chi connectivity index (χ3v) is 6.66. The zero-order valence-electron chi connectivity index (χ0n) is 21.9. The summed E-state index contributed by atoms with van der Waals surface area (Å²) in [5, 5.41) is 12.7. The van der Waals surface area contributed by atoms with Crippen LogP contribution in [0, 0.1) is 12.7 Å². The molecule has 11 nitrogen and oxygen atoms in total. The number of imidazole rings is 1. The topological polar surface area (TPSA) is 116 Å². The van der Waals surface area contributed by atoms with Gasteiger partial charge in [-0.2, -0.15) is 0 Å². The van der Waals surface area contributed by atoms with E-state index in [9.17, 15) is 19.1 Å². The Morgan fingerprint density at radius 2 is 2.03 bits per heavy atom. The van der Waals surface area contributed by atoms with Crippen LogP contribution in [0.25, 0.3) is 5.65 Å². The Kier molecular flexibility index (Phi) is 6.59. The van der Waals surface area contributed by atoms with Crippen LogP contribution in [0.4, 0.5) is 31.2 Å². The lowest BCUT2D eigenvalue weighted by Crippen LogP contribution is -2.57. The number of urea groups is 1. The zero-order chi connectivity index (χ0) is 27.2. The highest BCUT2D eigenvalue weighted by Gasteiger charge is 2.36. The molecular weight excluding hydrogens is 493 g/mol. The number of nitrogens with zero attached hydrogens (tertiary/aromatic N) is 6. The number of pyridine rings is 2. The van der Waals surface area contributed by atoms with Crippen LogP contribution in [-0.2, 0) is 11.2 Å². The number of hydrogen-bond donors (Lipinski definition) is 2. The molecule has 0 radical (unpaired) electrons. The van der Waals surface area contributed by atoms with E-state index in [4.69, 9.17) is 4.74 Å². The van der Waals surface area contributed by atoms with E-state index >= 15 is 0 Å². The minimum atomic E-state index is -0.628. The van der Waals surface area contributed by atoms with Crippen molar-refractivity contribution in [2.45, 2.75) is 45.8 Å². The highest BCUT2D eigenvalue weighted by atomic mass is 19.1. The number of piperazine rings is 1. The molecule has 3 amide bonds. The second-order valence-electron chi connectivity index (χ2n) is 10.6. The van der Waals surface area contributed by atoms with E-state index in [1.807, 2.05) is 33.8 Å². The van der Waals surface area contributed by atoms with Crippen LogP contribution in [0.3, 0.4) is 0 Å². The molecule has 2 aliphatic heterocycles. The second kappa shape index (κ2) is 9.75. The minimum absolute atomic E-state index is 0.0496. The normalized spacial score (nSPS) is 17.6. The van der Waals surface area contributed by atoms with Crippen molar-refractivity contribution in [2.75, 3.05) is 47.9 Å². The maximum Gasteiger partial charge on any atom is 0.410 e. The van der Waals surface area contributed by atoms with Crippen LogP contribution in [0.15, 0.2) is 30.7 Å². The van der Waals surface area contributed by atoms with E-state index in [0.29, 0.717) is 44.1 Å². The summed E-state index contributed by atoms with van der Waals surface area (Å²) in [4.78, 5) is 39.7. The number of fused-ring (bicyclic) bond motifs is 2. The predicted octanol–water partition coefficient (Wildman–Crippen LogP) is 3.19. The molecule has 1 saturated heterocycles. The number of carbonyl (C=O) groups is 2. The van der Waals surface area contributed by atoms with Gasteiger partial charge in [-0.05, 0) is 40.2 Å². The first-order chi connectivity index (χ1) is 18.0. The third-order valence-electron chi connectivity index (χ3n) is 6.66. The number of carbonyl (C=O) groups excluding carboxylic acids is 2. The predicted molar refractivity (Wildman–Crippen MR) is 140 cm³/mol. The average Bonchev–Trinajstić information content (AvgIpc) is 3.45. The Bertz CT molecular complexity index is 1390. The maximum absolute atomic E-state index is 14.7. The molecule has 0 aromatic carbocycles. The molecule has 5 heterocycles. The molecule has 1 atom stereocenters. The Hall–Kier alpha value is -3.93. The smallest absolute Gasteiger partial charge is 0.410 e. The SMILES string of the molecule is Cc1cn2cc(NC(=O)N3CCc4c(N5CCN(C(=O)OC(C)(C)C)[C@@H](CO)C5)ccnc43)c(F)cc2n1. The van der Waals surface area contributed by atoms with Crippen molar-refractivity contribution in [3.05, 3.63) is 47.8 Å². The first-order valence-corrected chi connectivity index (χ1v) is 12.6. The monoisotopic (exact) mass is 525 g/mol. The molecule has 38 heavy (non-hydrogen) atoms. The van der Waals surface area contributed by atoms with Gasteiger partial charge in [0.15, 0.2) is 5.82 Å². The molecule has 5 rings (SSSR count). The van der Waals surface area contributed by atoms with Crippen molar-refractivity contribution < 1.29 is 23.8 Å². The first kappa shape index (κ1) is 25.7. The minimum Gasteiger partial charge on any atom is -0.444 e. The summed E-state index contributed by atoms with van der Waals surface area (Å²) in [6, 6.07) is 2.25.